The van der Waals surface area contributed by atoms with E-state index in [0.29, 0.717) is 36.4 Å². The zero-order valence-electron chi connectivity index (χ0n) is 11.7. The summed E-state index contributed by atoms with van der Waals surface area (Å²) >= 11 is 6.20. The van der Waals surface area contributed by atoms with Gasteiger partial charge in [0.1, 0.15) is 23.3 Å². The molecule has 2 N–H and O–H groups in total. The molecule has 1 atom stereocenters. The van der Waals surface area contributed by atoms with Gasteiger partial charge in [-0.25, -0.2) is 9.97 Å². The Morgan fingerprint density at radius 1 is 1.48 bits per heavy atom. The molecule has 1 aliphatic heterocycles. The average molecular weight is 309 g/mol. The summed E-state index contributed by atoms with van der Waals surface area (Å²) in [6.07, 6.45) is 5.22. The number of hydrogen-bond acceptors (Lipinski definition) is 6. The Morgan fingerprint density at radius 3 is 3.10 bits per heavy atom. The molecule has 3 rings (SSSR count). The minimum absolute atomic E-state index is 0.0497. The summed E-state index contributed by atoms with van der Waals surface area (Å²) < 4.78 is 7.71. The van der Waals surface area contributed by atoms with Crippen LogP contribution in [0.15, 0.2) is 18.7 Å². The van der Waals surface area contributed by atoms with Crippen molar-refractivity contribution in [3.05, 3.63) is 29.3 Å². The minimum Gasteiger partial charge on any atom is -0.382 e. The number of morpholine rings is 1. The van der Waals surface area contributed by atoms with E-state index in [0.717, 1.165) is 12.1 Å². The molecule has 2 aromatic heterocycles. The van der Waals surface area contributed by atoms with Crippen LogP contribution in [0.25, 0.3) is 0 Å². The maximum absolute atomic E-state index is 6.20. The Balaban J connectivity index is 1.81. The van der Waals surface area contributed by atoms with Gasteiger partial charge in [0.25, 0.3) is 0 Å². The maximum atomic E-state index is 6.20. The number of nitrogen functional groups attached to an aromatic ring is 1. The first-order valence-corrected chi connectivity index (χ1v) is 7.21. The molecule has 1 aliphatic rings. The van der Waals surface area contributed by atoms with E-state index in [-0.39, 0.29) is 6.10 Å². The van der Waals surface area contributed by atoms with Gasteiger partial charge in [-0.2, -0.15) is 5.10 Å². The van der Waals surface area contributed by atoms with Crippen molar-refractivity contribution in [3.63, 3.8) is 0 Å². The molecule has 0 radical (unpaired) electrons. The quantitative estimate of drug-likeness (QED) is 0.925. The number of hydrogen-bond donors (Lipinski definition) is 1. The van der Waals surface area contributed by atoms with Gasteiger partial charge in [-0.1, -0.05) is 11.6 Å². The molecular formula is C13H17ClN6O. The number of nitrogens with zero attached hydrogens (tertiary/aromatic N) is 5. The van der Waals surface area contributed by atoms with Gasteiger partial charge >= 0.3 is 0 Å². The Morgan fingerprint density at radius 2 is 2.33 bits per heavy atom. The van der Waals surface area contributed by atoms with Crippen LogP contribution in [-0.2, 0) is 11.3 Å². The van der Waals surface area contributed by atoms with Gasteiger partial charge in [-0.3, -0.25) is 4.68 Å². The molecular weight excluding hydrogens is 292 g/mol. The lowest BCUT2D eigenvalue weighted by Gasteiger charge is -2.33. The second-order valence-electron chi connectivity index (χ2n) is 4.83. The number of aromatic nitrogens is 4. The van der Waals surface area contributed by atoms with Crippen molar-refractivity contribution in [2.24, 2.45) is 0 Å². The lowest BCUT2D eigenvalue weighted by Crippen LogP contribution is -2.39. The highest BCUT2D eigenvalue weighted by Gasteiger charge is 2.26. The third-order valence-electron chi connectivity index (χ3n) is 3.51. The molecule has 21 heavy (non-hydrogen) atoms. The summed E-state index contributed by atoms with van der Waals surface area (Å²) in [5, 5.41) is 4.68. The van der Waals surface area contributed by atoms with E-state index in [9.17, 15) is 0 Å². The maximum Gasteiger partial charge on any atom is 0.153 e. The van der Waals surface area contributed by atoms with Crippen molar-refractivity contribution in [2.75, 3.05) is 30.3 Å². The number of nitrogens with two attached hydrogens (primary N) is 1. The highest BCUT2D eigenvalue weighted by atomic mass is 35.5. The SMILES string of the molecule is CCn1cc(C2CN(c3ncnc(N)c3Cl)CCO2)cn1. The topological polar surface area (TPSA) is 82.1 Å². The van der Waals surface area contributed by atoms with E-state index < -0.39 is 0 Å². The van der Waals surface area contributed by atoms with Gasteiger partial charge in [-0.15, -0.1) is 0 Å². The van der Waals surface area contributed by atoms with Crippen LogP contribution >= 0.6 is 11.6 Å². The molecule has 1 fully saturated rings. The van der Waals surface area contributed by atoms with E-state index in [4.69, 9.17) is 22.1 Å². The molecule has 0 aliphatic carbocycles. The van der Waals surface area contributed by atoms with Crippen LogP contribution < -0.4 is 10.6 Å². The van der Waals surface area contributed by atoms with Crippen molar-refractivity contribution < 1.29 is 4.74 Å². The van der Waals surface area contributed by atoms with Crippen LogP contribution in [0.2, 0.25) is 5.02 Å². The minimum atomic E-state index is -0.0497. The first-order valence-electron chi connectivity index (χ1n) is 6.84. The number of halogens is 1. The second kappa shape index (κ2) is 5.87. The summed E-state index contributed by atoms with van der Waals surface area (Å²) in [5.74, 6) is 0.948. The smallest absolute Gasteiger partial charge is 0.153 e. The molecule has 112 valence electrons. The van der Waals surface area contributed by atoms with Crippen LogP contribution in [0.4, 0.5) is 11.6 Å². The van der Waals surface area contributed by atoms with Crippen LogP contribution in [0.1, 0.15) is 18.6 Å². The Bertz CT molecular complexity index is 631. The molecule has 8 heteroatoms. The van der Waals surface area contributed by atoms with Crippen LogP contribution in [0.5, 0.6) is 0 Å². The number of aryl methyl sites for hydroxylation is 1. The molecule has 3 heterocycles. The Hall–Kier alpha value is -1.86. The zero-order valence-corrected chi connectivity index (χ0v) is 12.5. The highest BCUT2D eigenvalue weighted by Crippen LogP contribution is 2.31. The molecule has 1 saturated heterocycles. The van der Waals surface area contributed by atoms with E-state index in [1.165, 1.54) is 6.33 Å². The predicted molar refractivity (Wildman–Crippen MR) is 80.3 cm³/mol. The molecule has 2 aromatic rings. The summed E-state index contributed by atoms with van der Waals surface area (Å²) in [4.78, 5) is 10.2. The van der Waals surface area contributed by atoms with Crippen molar-refractivity contribution >= 4 is 23.2 Å². The van der Waals surface area contributed by atoms with E-state index in [1.54, 1.807) is 0 Å². The van der Waals surface area contributed by atoms with Gasteiger partial charge < -0.3 is 15.4 Å². The van der Waals surface area contributed by atoms with Crippen LogP contribution in [0.3, 0.4) is 0 Å². The largest absolute Gasteiger partial charge is 0.382 e. The number of rotatable bonds is 3. The molecule has 0 amide bonds. The average Bonchev–Trinajstić information content (AvgIpc) is 2.99. The second-order valence-corrected chi connectivity index (χ2v) is 5.21. The van der Waals surface area contributed by atoms with Crippen molar-refractivity contribution in [3.8, 4) is 0 Å². The fraction of sp³-hybridized carbons (Fsp3) is 0.462. The lowest BCUT2D eigenvalue weighted by atomic mass is 10.1. The van der Waals surface area contributed by atoms with Gasteiger partial charge in [-0.05, 0) is 6.92 Å². The number of anilines is 2. The third-order valence-corrected chi connectivity index (χ3v) is 3.88. The van der Waals surface area contributed by atoms with Gasteiger partial charge in [0.05, 0.1) is 19.3 Å². The predicted octanol–water partition coefficient (Wildman–Crippen LogP) is 1.51. The van der Waals surface area contributed by atoms with Crippen molar-refractivity contribution in [2.45, 2.75) is 19.6 Å². The first-order chi connectivity index (χ1) is 10.2. The molecule has 0 spiro atoms. The highest BCUT2D eigenvalue weighted by molar-refractivity contribution is 6.35. The summed E-state index contributed by atoms with van der Waals surface area (Å²) in [7, 11) is 0. The third kappa shape index (κ3) is 2.79. The van der Waals surface area contributed by atoms with Gasteiger partial charge in [0.15, 0.2) is 5.82 Å². The summed E-state index contributed by atoms with van der Waals surface area (Å²) in [6.45, 7) is 4.86. The van der Waals surface area contributed by atoms with E-state index >= 15 is 0 Å². The first kappa shape index (κ1) is 14.1. The van der Waals surface area contributed by atoms with Crippen molar-refractivity contribution in [1.82, 2.24) is 19.7 Å². The van der Waals surface area contributed by atoms with Crippen molar-refractivity contribution in [1.29, 1.82) is 0 Å². The lowest BCUT2D eigenvalue weighted by molar-refractivity contribution is 0.0395. The molecule has 0 saturated carbocycles. The standard InChI is InChI=1S/C13H17ClN6O/c1-2-20-6-9(5-18-20)10-7-19(3-4-21-10)13-11(14)12(15)16-8-17-13/h5-6,8,10H,2-4,7H2,1H3,(H2,15,16,17). The normalized spacial score (nSPS) is 19.0. The zero-order chi connectivity index (χ0) is 14.8. The fourth-order valence-corrected chi connectivity index (χ4v) is 2.57. The monoisotopic (exact) mass is 308 g/mol. The van der Waals surface area contributed by atoms with Crippen LogP contribution in [-0.4, -0.2) is 39.4 Å². The van der Waals surface area contributed by atoms with Gasteiger partial charge in [0, 0.05) is 24.8 Å². The molecule has 0 aromatic carbocycles. The Labute approximate surface area is 127 Å². The molecule has 1 unspecified atom stereocenters. The van der Waals surface area contributed by atoms with Gasteiger partial charge in [0.2, 0.25) is 0 Å². The van der Waals surface area contributed by atoms with E-state index in [2.05, 4.69) is 20.0 Å². The Kier molecular flexibility index (Phi) is 3.94. The molecule has 0 bridgehead atoms. The summed E-state index contributed by atoms with van der Waals surface area (Å²) in [6, 6.07) is 0. The fourth-order valence-electron chi connectivity index (χ4n) is 2.36. The van der Waals surface area contributed by atoms with Crippen LogP contribution in [0, 0.1) is 0 Å². The van der Waals surface area contributed by atoms with E-state index in [1.807, 2.05) is 24.0 Å². The number of ether oxygens (including phenoxy) is 1. The molecule has 7 nitrogen and oxygen atoms in total. The summed E-state index contributed by atoms with van der Waals surface area (Å²) in [5.41, 5.74) is 6.80.